The van der Waals surface area contributed by atoms with E-state index in [9.17, 15) is 22.5 Å². The number of halogens is 3. The summed E-state index contributed by atoms with van der Waals surface area (Å²) in [5, 5.41) is 5.37. The maximum atomic E-state index is 13.7. The van der Waals surface area contributed by atoms with E-state index < -0.39 is 31.1 Å². The summed E-state index contributed by atoms with van der Waals surface area (Å²) in [7, 11) is -1.98. The van der Waals surface area contributed by atoms with E-state index in [2.05, 4.69) is 20.6 Å². The zero-order valence-corrected chi connectivity index (χ0v) is 21.7. The maximum Gasteiger partial charge on any atom is 0.421 e. The van der Waals surface area contributed by atoms with Gasteiger partial charge >= 0.3 is 13.8 Å². The lowest BCUT2D eigenvalue weighted by Gasteiger charge is -2.18. The average molecular weight is 553 g/mol. The molecule has 0 aliphatic rings. The number of para-hydroxylation sites is 1. The second-order valence-electron chi connectivity index (χ2n) is 7.75. The Labute approximate surface area is 217 Å². The number of rotatable bonds is 12. The number of nitrogens with one attached hydrogen (secondary N) is 2. The lowest BCUT2D eigenvalue weighted by Crippen LogP contribution is -2.16. The van der Waals surface area contributed by atoms with E-state index in [4.69, 9.17) is 19.5 Å². The highest BCUT2D eigenvalue weighted by Crippen LogP contribution is 2.51. The molecule has 0 unspecified atom stereocenters. The molecule has 0 fully saturated rings. The van der Waals surface area contributed by atoms with E-state index in [1.54, 1.807) is 32.0 Å². The van der Waals surface area contributed by atoms with E-state index in [0.717, 1.165) is 0 Å². The molecule has 0 saturated heterocycles. The molecule has 0 bridgehead atoms. The second kappa shape index (κ2) is 12.2. The van der Waals surface area contributed by atoms with E-state index in [1.165, 1.54) is 31.4 Å². The average Bonchev–Trinajstić information content (AvgIpc) is 2.85. The predicted molar refractivity (Wildman–Crippen MR) is 136 cm³/mol. The van der Waals surface area contributed by atoms with Gasteiger partial charge in [-0.15, -0.1) is 0 Å². The third-order valence-corrected chi connectivity index (χ3v) is 7.14. The molecule has 3 aromatic rings. The van der Waals surface area contributed by atoms with Crippen LogP contribution in [0.3, 0.4) is 0 Å². The van der Waals surface area contributed by atoms with Gasteiger partial charge < -0.3 is 30.2 Å². The summed E-state index contributed by atoms with van der Waals surface area (Å²) in [6, 6.07) is 10.7. The van der Waals surface area contributed by atoms with Crippen molar-refractivity contribution in [3.8, 4) is 5.75 Å². The van der Waals surface area contributed by atoms with Crippen molar-refractivity contribution in [2.75, 3.05) is 31.0 Å². The normalized spacial score (nSPS) is 11.7. The lowest BCUT2D eigenvalue weighted by molar-refractivity contribution is -0.137. The lowest BCUT2D eigenvalue weighted by atomic mass is 10.1. The predicted octanol–water partition coefficient (Wildman–Crippen LogP) is 5.86. The first-order chi connectivity index (χ1) is 18.0. The van der Waals surface area contributed by atoms with Crippen LogP contribution in [0.5, 0.6) is 5.75 Å². The molecule has 204 valence electrons. The first-order valence-corrected chi connectivity index (χ1v) is 13.1. The van der Waals surface area contributed by atoms with Gasteiger partial charge in [-0.3, -0.25) is 9.36 Å². The van der Waals surface area contributed by atoms with Crippen LogP contribution in [0, 0.1) is 0 Å². The van der Waals surface area contributed by atoms with Crippen molar-refractivity contribution in [2.24, 2.45) is 5.73 Å². The Morgan fingerprint density at radius 3 is 2.34 bits per heavy atom. The van der Waals surface area contributed by atoms with Crippen LogP contribution in [0.1, 0.15) is 35.3 Å². The molecule has 0 aliphatic heterocycles. The number of anilines is 4. The van der Waals surface area contributed by atoms with Crippen LogP contribution in [0.4, 0.5) is 36.3 Å². The van der Waals surface area contributed by atoms with Gasteiger partial charge in [0.25, 0.3) is 5.91 Å². The monoisotopic (exact) mass is 553 g/mol. The van der Waals surface area contributed by atoms with Crippen molar-refractivity contribution in [3.05, 3.63) is 65.4 Å². The molecule has 38 heavy (non-hydrogen) atoms. The maximum absolute atomic E-state index is 13.7. The number of primary amides is 1. The molecule has 10 nitrogen and oxygen atoms in total. The summed E-state index contributed by atoms with van der Waals surface area (Å²) >= 11 is 0. The standard InChI is InChI=1S/C24H27F3N5O5P/c1-4-36-38(34,37-5-2)14-15-10-11-19(20(12-15)35-3)31-23-29-13-17(24(25,26)27)22(32-23)30-18-9-7-6-8-16(18)21(28)33/h6-13H,4-5,14H2,1-3H3,(H2,28,33)(H2,29,30,31,32). The van der Waals surface area contributed by atoms with Gasteiger partial charge in [-0.1, -0.05) is 18.2 Å². The zero-order chi connectivity index (χ0) is 27.9. The van der Waals surface area contributed by atoms with Crippen molar-refractivity contribution in [3.63, 3.8) is 0 Å². The molecule has 1 amide bonds. The quantitative estimate of drug-likeness (QED) is 0.236. The molecule has 3 rings (SSSR count). The highest BCUT2D eigenvalue weighted by atomic mass is 31.2. The molecular weight excluding hydrogens is 526 g/mol. The fourth-order valence-corrected chi connectivity index (χ4v) is 5.17. The second-order valence-corrected chi connectivity index (χ2v) is 9.81. The molecule has 0 aliphatic carbocycles. The molecule has 1 heterocycles. The third-order valence-electron chi connectivity index (χ3n) is 5.08. The van der Waals surface area contributed by atoms with Crippen molar-refractivity contribution < 1.29 is 36.3 Å². The van der Waals surface area contributed by atoms with Gasteiger partial charge in [0.2, 0.25) is 5.95 Å². The van der Waals surface area contributed by atoms with Crippen LogP contribution in [-0.4, -0.2) is 36.2 Å². The summed E-state index contributed by atoms with van der Waals surface area (Å²) in [6.45, 7) is 3.83. The minimum absolute atomic E-state index is 0.00452. The van der Waals surface area contributed by atoms with Gasteiger partial charge in [0.05, 0.1) is 43.4 Å². The molecule has 2 aromatic carbocycles. The first-order valence-electron chi connectivity index (χ1n) is 11.4. The minimum atomic E-state index is -4.78. The van der Waals surface area contributed by atoms with Gasteiger partial charge in [-0.05, 0) is 43.7 Å². The Morgan fingerprint density at radius 1 is 1.05 bits per heavy atom. The SMILES string of the molecule is CCOP(=O)(Cc1ccc(Nc2ncc(C(F)(F)F)c(Nc3ccccc3C(N)=O)n2)c(OC)c1)OCC. The number of carbonyl (C=O) groups is 1. The number of nitrogens with two attached hydrogens (primary N) is 1. The Hall–Kier alpha value is -3.67. The van der Waals surface area contributed by atoms with Crippen LogP contribution in [0.2, 0.25) is 0 Å². The van der Waals surface area contributed by atoms with E-state index in [1.807, 2.05) is 0 Å². The zero-order valence-electron chi connectivity index (χ0n) is 20.8. The van der Waals surface area contributed by atoms with Gasteiger partial charge in [-0.25, -0.2) is 4.98 Å². The van der Waals surface area contributed by atoms with E-state index in [0.29, 0.717) is 23.2 Å². The molecule has 4 N–H and O–H groups in total. The highest BCUT2D eigenvalue weighted by Gasteiger charge is 2.35. The largest absolute Gasteiger partial charge is 0.495 e. The number of ether oxygens (including phenoxy) is 1. The summed E-state index contributed by atoms with van der Waals surface area (Å²) in [5.41, 5.74) is 5.16. The smallest absolute Gasteiger partial charge is 0.421 e. The van der Waals surface area contributed by atoms with Crippen LogP contribution < -0.4 is 21.1 Å². The van der Waals surface area contributed by atoms with Crippen LogP contribution in [0.15, 0.2) is 48.7 Å². The molecular formula is C24H27F3N5O5P. The van der Waals surface area contributed by atoms with E-state index >= 15 is 0 Å². The molecule has 0 atom stereocenters. The third kappa shape index (κ3) is 7.21. The van der Waals surface area contributed by atoms with Gasteiger partial charge in [-0.2, -0.15) is 18.2 Å². The van der Waals surface area contributed by atoms with Crippen molar-refractivity contribution >= 4 is 36.6 Å². The Kier molecular flexibility index (Phi) is 9.31. The number of amides is 1. The minimum Gasteiger partial charge on any atom is -0.495 e. The molecule has 1 aromatic heterocycles. The van der Waals surface area contributed by atoms with Crippen molar-refractivity contribution in [1.29, 1.82) is 0 Å². The number of carbonyl (C=O) groups excluding carboxylic acids is 1. The van der Waals surface area contributed by atoms with E-state index in [-0.39, 0.29) is 36.6 Å². The van der Waals surface area contributed by atoms with Crippen molar-refractivity contribution in [2.45, 2.75) is 26.2 Å². The summed E-state index contributed by atoms with van der Waals surface area (Å²) < 4.78 is 70.0. The number of methoxy groups -OCH3 is 1. The highest BCUT2D eigenvalue weighted by molar-refractivity contribution is 7.53. The number of nitrogens with zero attached hydrogens (tertiary/aromatic N) is 2. The Balaban J connectivity index is 1.94. The van der Waals surface area contributed by atoms with Gasteiger partial charge in [0.1, 0.15) is 17.1 Å². The van der Waals surface area contributed by atoms with Gasteiger partial charge in [0, 0.05) is 6.20 Å². The first kappa shape index (κ1) is 28.9. The fraction of sp³-hybridized carbons (Fsp3) is 0.292. The summed E-state index contributed by atoms with van der Waals surface area (Å²) in [5.74, 6) is -1.30. The number of hydrogen-bond donors (Lipinski definition) is 3. The fourth-order valence-electron chi connectivity index (χ4n) is 3.48. The van der Waals surface area contributed by atoms with Crippen LogP contribution >= 0.6 is 7.60 Å². The Morgan fingerprint density at radius 2 is 1.74 bits per heavy atom. The Bertz CT molecular complexity index is 1330. The topological polar surface area (TPSA) is 138 Å². The molecule has 0 spiro atoms. The number of aromatic nitrogens is 2. The number of hydrogen-bond acceptors (Lipinski definition) is 9. The van der Waals surface area contributed by atoms with Gasteiger partial charge in [0.15, 0.2) is 0 Å². The number of benzene rings is 2. The van der Waals surface area contributed by atoms with Crippen LogP contribution in [-0.2, 0) is 26.0 Å². The summed E-state index contributed by atoms with van der Waals surface area (Å²) in [6.07, 6.45) is -4.17. The molecule has 14 heteroatoms. The summed E-state index contributed by atoms with van der Waals surface area (Å²) in [4.78, 5) is 19.5. The molecule has 0 radical (unpaired) electrons. The molecule has 0 saturated carbocycles. The number of alkyl halides is 3. The van der Waals surface area contributed by atoms with Crippen molar-refractivity contribution in [1.82, 2.24) is 9.97 Å². The van der Waals surface area contributed by atoms with Crippen LogP contribution in [0.25, 0.3) is 0 Å².